The number of hydrazine groups is 1. The number of aryl methyl sites for hydroxylation is 1. The molecule has 152 valence electrons. The fraction of sp³-hybridized carbons (Fsp3) is 0.211. The van der Waals surface area contributed by atoms with E-state index in [1.165, 1.54) is 24.3 Å². The Bertz CT molecular complexity index is 1050. The molecule has 2 aromatic rings. The summed E-state index contributed by atoms with van der Waals surface area (Å²) >= 11 is 0. The topological polar surface area (TPSA) is 125 Å². The van der Waals surface area contributed by atoms with E-state index in [2.05, 4.69) is 16.2 Å². The highest BCUT2D eigenvalue weighted by Gasteiger charge is 2.29. The Morgan fingerprint density at radius 1 is 1.00 bits per heavy atom. The second-order valence-electron chi connectivity index (χ2n) is 6.44. The highest BCUT2D eigenvalue weighted by atomic mass is 32.2. The van der Waals surface area contributed by atoms with Gasteiger partial charge >= 0.3 is 0 Å². The predicted octanol–water partition coefficient (Wildman–Crippen LogP) is 0.190. The molecule has 1 aliphatic heterocycles. The molecule has 3 amide bonds. The first-order valence-electron chi connectivity index (χ1n) is 8.82. The van der Waals surface area contributed by atoms with Gasteiger partial charge < -0.3 is 5.32 Å². The maximum Gasteiger partial charge on any atom is 0.269 e. The SMILES string of the molecule is Cc1ccccc1C(=O)NNC(=O)c1ccc(S(=O)(=O)N2CCNC(=O)C2)cc1. The van der Waals surface area contributed by atoms with Crippen LogP contribution >= 0.6 is 0 Å². The Hall–Kier alpha value is -3.24. The summed E-state index contributed by atoms with van der Waals surface area (Å²) in [6, 6.07) is 12.2. The van der Waals surface area contributed by atoms with Gasteiger partial charge in [-0.2, -0.15) is 4.31 Å². The fourth-order valence-electron chi connectivity index (χ4n) is 2.83. The van der Waals surface area contributed by atoms with Crippen LogP contribution in [0.3, 0.4) is 0 Å². The quantitative estimate of drug-likeness (QED) is 0.614. The van der Waals surface area contributed by atoms with E-state index in [4.69, 9.17) is 0 Å². The first-order chi connectivity index (χ1) is 13.8. The maximum atomic E-state index is 12.6. The molecule has 9 nitrogen and oxygen atoms in total. The molecule has 3 N–H and O–H groups in total. The van der Waals surface area contributed by atoms with E-state index in [0.29, 0.717) is 5.56 Å². The van der Waals surface area contributed by atoms with Crippen molar-refractivity contribution >= 4 is 27.7 Å². The number of benzene rings is 2. The second kappa shape index (κ2) is 8.41. The minimum atomic E-state index is -3.83. The van der Waals surface area contributed by atoms with Gasteiger partial charge in [-0.3, -0.25) is 25.2 Å². The average molecular weight is 416 g/mol. The van der Waals surface area contributed by atoms with Gasteiger partial charge in [0.25, 0.3) is 11.8 Å². The van der Waals surface area contributed by atoms with Crippen LogP contribution in [0.25, 0.3) is 0 Å². The molecule has 0 aliphatic carbocycles. The Balaban J connectivity index is 1.65. The van der Waals surface area contributed by atoms with Gasteiger partial charge in [0, 0.05) is 24.2 Å². The normalized spacial score (nSPS) is 14.7. The van der Waals surface area contributed by atoms with Gasteiger partial charge in [0.2, 0.25) is 15.9 Å². The Kier molecular flexibility index (Phi) is 5.95. The summed E-state index contributed by atoms with van der Waals surface area (Å²) in [7, 11) is -3.83. The molecule has 3 rings (SSSR count). The van der Waals surface area contributed by atoms with Crippen LogP contribution in [0.4, 0.5) is 0 Å². The van der Waals surface area contributed by atoms with Crippen LogP contribution < -0.4 is 16.2 Å². The van der Waals surface area contributed by atoms with Crippen LogP contribution in [0.1, 0.15) is 26.3 Å². The summed E-state index contributed by atoms with van der Waals surface area (Å²) in [5.74, 6) is -1.41. The van der Waals surface area contributed by atoms with Crippen molar-refractivity contribution in [2.75, 3.05) is 19.6 Å². The van der Waals surface area contributed by atoms with Crippen molar-refractivity contribution < 1.29 is 22.8 Å². The first kappa shape index (κ1) is 20.5. The monoisotopic (exact) mass is 416 g/mol. The summed E-state index contributed by atoms with van der Waals surface area (Å²) in [5, 5.41) is 2.57. The summed E-state index contributed by atoms with van der Waals surface area (Å²) in [6.45, 7) is 1.97. The molecule has 2 aromatic carbocycles. The Morgan fingerprint density at radius 2 is 1.66 bits per heavy atom. The molecule has 29 heavy (non-hydrogen) atoms. The molecule has 0 radical (unpaired) electrons. The van der Waals surface area contributed by atoms with Crippen molar-refractivity contribution in [3.63, 3.8) is 0 Å². The number of nitrogens with zero attached hydrogens (tertiary/aromatic N) is 1. The van der Waals surface area contributed by atoms with Gasteiger partial charge in [-0.25, -0.2) is 8.42 Å². The third-order valence-electron chi connectivity index (χ3n) is 4.44. The summed E-state index contributed by atoms with van der Waals surface area (Å²) in [6.07, 6.45) is 0. The van der Waals surface area contributed by atoms with E-state index < -0.39 is 21.8 Å². The van der Waals surface area contributed by atoms with Gasteiger partial charge in [0.15, 0.2) is 0 Å². The molecule has 0 saturated carbocycles. The van der Waals surface area contributed by atoms with Crippen molar-refractivity contribution in [1.82, 2.24) is 20.5 Å². The largest absolute Gasteiger partial charge is 0.354 e. The van der Waals surface area contributed by atoms with E-state index in [0.717, 1.165) is 9.87 Å². The number of piperazine rings is 1. The molecule has 10 heteroatoms. The zero-order valence-corrected chi connectivity index (χ0v) is 16.5. The van der Waals surface area contributed by atoms with Gasteiger partial charge in [-0.05, 0) is 42.8 Å². The zero-order chi connectivity index (χ0) is 21.0. The lowest BCUT2D eigenvalue weighted by molar-refractivity contribution is -0.122. The highest BCUT2D eigenvalue weighted by molar-refractivity contribution is 7.89. The van der Waals surface area contributed by atoms with Crippen molar-refractivity contribution in [2.45, 2.75) is 11.8 Å². The third-order valence-corrected chi connectivity index (χ3v) is 6.30. The van der Waals surface area contributed by atoms with E-state index in [9.17, 15) is 22.8 Å². The molecule has 1 aliphatic rings. The van der Waals surface area contributed by atoms with Crippen molar-refractivity contribution in [1.29, 1.82) is 0 Å². The molecule has 0 atom stereocenters. The van der Waals surface area contributed by atoms with Crippen molar-refractivity contribution in [2.24, 2.45) is 0 Å². The molecule has 0 unspecified atom stereocenters. The molecule has 0 spiro atoms. The summed E-state index contributed by atoms with van der Waals surface area (Å²) < 4.78 is 26.3. The molecule has 1 fully saturated rings. The minimum absolute atomic E-state index is 0.0207. The lowest BCUT2D eigenvalue weighted by Crippen LogP contribution is -2.49. The van der Waals surface area contributed by atoms with Crippen molar-refractivity contribution in [3.8, 4) is 0 Å². The predicted molar refractivity (Wildman–Crippen MR) is 104 cm³/mol. The van der Waals surface area contributed by atoms with Crippen LogP contribution in [0.5, 0.6) is 0 Å². The van der Waals surface area contributed by atoms with Crippen LogP contribution in [-0.2, 0) is 14.8 Å². The maximum absolute atomic E-state index is 12.6. The van der Waals surface area contributed by atoms with E-state index in [1.807, 2.05) is 0 Å². The Morgan fingerprint density at radius 3 is 2.31 bits per heavy atom. The van der Waals surface area contributed by atoms with Gasteiger partial charge in [-0.1, -0.05) is 18.2 Å². The number of nitrogens with one attached hydrogen (secondary N) is 3. The van der Waals surface area contributed by atoms with Crippen molar-refractivity contribution in [3.05, 3.63) is 65.2 Å². The third kappa shape index (κ3) is 4.61. The van der Waals surface area contributed by atoms with Crippen LogP contribution in [0, 0.1) is 6.92 Å². The average Bonchev–Trinajstić information content (AvgIpc) is 2.72. The van der Waals surface area contributed by atoms with Gasteiger partial charge in [-0.15, -0.1) is 0 Å². The second-order valence-corrected chi connectivity index (χ2v) is 8.37. The first-order valence-corrected chi connectivity index (χ1v) is 10.3. The molecule has 0 bridgehead atoms. The van der Waals surface area contributed by atoms with Gasteiger partial charge in [0.05, 0.1) is 11.4 Å². The summed E-state index contributed by atoms with van der Waals surface area (Å²) in [5.41, 5.74) is 6.00. The van der Waals surface area contributed by atoms with Gasteiger partial charge in [0.1, 0.15) is 0 Å². The lowest BCUT2D eigenvalue weighted by atomic mass is 10.1. The van der Waals surface area contributed by atoms with E-state index >= 15 is 0 Å². The minimum Gasteiger partial charge on any atom is -0.354 e. The number of hydrogen-bond donors (Lipinski definition) is 3. The van der Waals surface area contributed by atoms with Crippen LogP contribution in [0.2, 0.25) is 0 Å². The fourth-order valence-corrected chi connectivity index (χ4v) is 4.23. The number of carbonyl (C=O) groups excluding carboxylic acids is 3. The number of carbonyl (C=O) groups is 3. The molecule has 1 saturated heterocycles. The lowest BCUT2D eigenvalue weighted by Gasteiger charge is -2.25. The highest BCUT2D eigenvalue weighted by Crippen LogP contribution is 2.17. The number of sulfonamides is 1. The number of rotatable bonds is 4. The van der Waals surface area contributed by atoms with E-state index in [1.54, 1.807) is 31.2 Å². The van der Waals surface area contributed by atoms with E-state index in [-0.39, 0.29) is 36.0 Å². The molecule has 0 aromatic heterocycles. The van der Waals surface area contributed by atoms with Crippen LogP contribution in [-0.4, -0.2) is 50.1 Å². The molecular weight excluding hydrogens is 396 g/mol. The summed E-state index contributed by atoms with van der Waals surface area (Å²) in [4.78, 5) is 35.8. The Labute approximate surface area is 168 Å². The van der Waals surface area contributed by atoms with Crippen LogP contribution in [0.15, 0.2) is 53.4 Å². The molecule has 1 heterocycles. The number of amides is 3. The zero-order valence-electron chi connectivity index (χ0n) is 15.6. The number of hydrogen-bond acceptors (Lipinski definition) is 5. The molecular formula is C19H20N4O5S. The smallest absolute Gasteiger partial charge is 0.269 e. The standard InChI is InChI=1S/C19H20N4O5S/c1-13-4-2-3-5-16(13)19(26)22-21-18(25)14-6-8-15(9-7-14)29(27,28)23-11-10-20-17(24)12-23/h2-9H,10-12H2,1H3,(H,20,24)(H,21,25)(H,22,26).